The molecule has 6 nitrogen and oxygen atoms in total. The van der Waals surface area contributed by atoms with Crippen LogP contribution in [0.5, 0.6) is 0 Å². The lowest BCUT2D eigenvalue weighted by Crippen LogP contribution is -2.35. The predicted octanol–water partition coefficient (Wildman–Crippen LogP) is 2.27. The predicted molar refractivity (Wildman–Crippen MR) is 83.9 cm³/mol. The average Bonchev–Trinajstić information content (AvgIpc) is 2.97. The van der Waals surface area contributed by atoms with Gasteiger partial charge in [0.1, 0.15) is 0 Å². The molecule has 0 amide bonds. The smallest absolute Gasteiger partial charge is 0.306 e. The van der Waals surface area contributed by atoms with Crippen molar-refractivity contribution in [3.63, 3.8) is 0 Å². The summed E-state index contributed by atoms with van der Waals surface area (Å²) in [6.45, 7) is 4.18. The molecule has 1 aliphatic heterocycles. The summed E-state index contributed by atoms with van der Waals surface area (Å²) in [5.74, 6) is 0.380. The summed E-state index contributed by atoms with van der Waals surface area (Å²) in [6.07, 6.45) is 2.02. The number of benzene rings is 1. The Morgan fingerprint density at radius 3 is 2.78 bits per heavy atom. The number of hydrogen-bond acceptors (Lipinski definition) is 5. The molecule has 0 spiro atoms. The van der Waals surface area contributed by atoms with Crippen molar-refractivity contribution < 1.29 is 14.4 Å². The van der Waals surface area contributed by atoms with Crippen molar-refractivity contribution in [2.24, 2.45) is 5.92 Å². The molecule has 1 aromatic heterocycles. The van der Waals surface area contributed by atoms with Crippen LogP contribution in [0.2, 0.25) is 0 Å². The molecule has 2 heterocycles. The summed E-state index contributed by atoms with van der Waals surface area (Å²) in [4.78, 5) is 17.6. The van der Waals surface area contributed by atoms with E-state index in [0.717, 1.165) is 13.1 Å². The zero-order valence-corrected chi connectivity index (χ0v) is 13.2. The third kappa shape index (κ3) is 3.96. The van der Waals surface area contributed by atoms with Crippen molar-refractivity contribution in [3.05, 3.63) is 47.1 Å². The maximum atomic E-state index is 11.0. The van der Waals surface area contributed by atoms with Crippen molar-refractivity contribution in [1.82, 2.24) is 15.0 Å². The quantitative estimate of drug-likeness (QED) is 0.912. The first-order valence-corrected chi connectivity index (χ1v) is 7.93. The second-order valence-electron chi connectivity index (χ2n) is 6.10. The van der Waals surface area contributed by atoms with E-state index in [9.17, 15) is 4.79 Å². The van der Waals surface area contributed by atoms with Crippen LogP contribution in [0.25, 0.3) is 0 Å². The third-order valence-corrected chi connectivity index (χ3v) is 4.42. The summed E-state index contributed by atoms with van der Waals surface area (Å²) in [5, 5.41) is 13.1. The minimum atomic E-state index is -0.692. The highest BCUT2D eigenvalue weighted by molar-refractivity contribution is 5.70. The molecule has 6 heteroatoms. The molecule has 1 aliphatic rings. The first-order valence-electron chi connectivity index (χ1n) is 7.93. The van der Waals surface area contributed by atoms with Crippen molar-refractivity contribution in [2.75, 3.05) is 13.1 Å². The van der Waals surface area contributed by atoms with E-state index in [1.807, 2.05) is 12.1 Å². The molecule has 0 bridgehead atoms. The summed E-state index contributed by atoms with van der Waals surface area (Å²) in [7, 11) is 0. The van der Waals surface area contributed by atoms with Gasteiger partial charge in [0.05, 0.1) is 12.5 Å². The number of carboxylic acid groups (broad SMARTS) is 1. The fourth-order valence-corrected chi connectivity index (χ4v) is 2.93. The number of carboxylic acids is 1. The molecule has 3 rings (SSSR count). The molecule has 1 saturated heterocycles. The second-order valence-corrected chi connectivity index (χ2v) is 6.10. The monoisotopic (exact) mass is 315 g/mol. The fourth-order valence-electron chi connectivity index (χ4n) is 2.93. The van der Waals surface area contributed by atoms with E-state index in [1.54, 1.807) is 0 Å². The number of aromatic nitrogens is 2. The van der Waals surface area contributed by atoms with Crippen molar-refractivity contribution in [1.29, 1.82) is 0 Å². The minimum absolute atomic E-state index is 0.217. The Kier molecular flexibility index (Phi) is 4.71. The Labute approximate surface area is 135 Å². The van der Waals surface area contributed by atoms with Crippen LogP contribution in [0.15, 0.2) is 28.8 Å². The number of aryl methyl sites for hydroxylation is 1. The molecule has 0 radical (unpaired) electrons. The highest BCUT2D eigenvalue weighted by Gasteiger charge is 2.25. The SMILES string of the molecule is Cc1ccccc1Cc1noc(CN2CCC(C(=O)O)CC2)n1. The lowest BCUT2D eigenvalue weighted by Gasteiger charge is -2.28. The van der Waals surface area contributed by atoms with E-state index in [4.69, 9.17) is 9.63 Å². The van der Waals surface area contributed by atoms with Gasteiger partial charge in [0, 0.05) is 6.42 Å². The highest BCUT2D eigenvalue weighted by Crippen LogP contribution is 2.19. The zero-order chi connectivity index (χ0) is 16.2. The summed E-state index contributed by atoms with van der Waals surface area (Å²) < 4.78 is 5.33. The van der Waals surface area contributed by atoms with E-state index in [2.05, 4.69) is 34.1 Å². The van der Waals surface area contributed by atoms with Crippen molar-refractivity contribution >= 4 is 5.97 Å². The number of likely N-dealkylation sites (tertiary alicyclic amines) is 1. The fraction of sp³-hybridized carbons (Fsp3) is 0.471. The molecule has 122 valence electrons. The second kappa shape index (κ2) is 6.91. The van der Waals surface area contributed by atoms with Crippen LogP contribution in [0.1, 0.15) is 35.7 Å². The standard InChI is InChI=1S/C17H21N3O3/c1-12-4-2-3-5-14(12)10-15-18-16(23-19-15)11-20-8-6-13(7-9-20)17(21)22/h2-5,13H,6-11H2,1H3,(H,21,22). The first-order chi connectivity index (χ1) is 11.1. The molecular formula is C17H21N3O3. The Hall–Kier alpha value is -2.21. The molecule has 23 heavy (non-hydrogen) atoms. The van der Waals surface area contributed by atoms with Crippen LogP contribution < -0.4 is 0 Å². The number of nitrogens with zero attached hydrogens (tertiary/aromatic N) is 3. The average molecular weight is 315 g/mol. The van der Waals surface area contributed by atoms with E-state index >= 15 is 0 Å². The molecule has 1 fully saturated rings. The van der Waals surface area contributed by atoms with Gasteiger partial charge in [-0.05, 0) is 44.0 Å². The summed E-state index contributed by atoms with van der Waals surface area (Å²) >= 11 is 0. The Bertz CT molecular complexity index is 675. The van der Waals surface area contributed by atoms with Gasteiger partial charge in [-0.2, -0.15) is 4.98 Å². The Morgan fingerprint density at radius 2 is 2.09 bits per heavy atom. The summed E-state index contributed by atoms with van der Waals surface area (Å²) in [5.41, 5.74) is 2.41. The Balaban J connectivity index is 1.56. The molecule has 1 aromatic carbocycles. The van der Waals surface area contributed by atoms with Gasteiger partial charge in [0.15, 0.2) is 5.82 Å². The maximum Gasteiger partial charge on any atom is 0.306 e. The van der Waals surface area contributed by atoms with Crippen LogP contribution in [0.4, 0.5) is 0 Å². The molecule has 1 N–H and O–H groups in total. The van der Waals surface area contributed by atoms with Crippen LogP contribution in [-0.4, -0.2) is 39.2 Å². The Morgan fingerprint density at radius 1 is 1.35 bits per heavy atom. The minimum Gasteiger partial charge on any atom is -0.481 e. The van der Waals surface area contributed by atoms with E-state index in [1.165, 1.54) is 11.1 Å². The number of rotatable bonds is 5. The van der Waals surface area contributed by atoms with Crippen molar-refractivity contribution in [2.45, 2.75) is 32.7 Å². The third-order valence-electron chi connectivity index (χ3n) is 4.42. The van der Waals surface area contributed by atoms with Crippen LogP contribution in [-0.2, 0) is 17.8 Å². The van der Waals surface area contributed by atoms with Crippen LogP contribution in [0, 0.1) is 12.8 Å². The van der Waals surface area contributed by atoms with Gasteiger partial charge in [-0.1, -0.05) is 29.4 Å². The van der Waals surface area contributed by atoms with E-state index in [0.29, 0.717) is 37.5 Å². The summed E-state index contributed by atoms with van der Waals surface area (Å²) in [6, 6.07) is 8.17. The molecule has 0 atom stereocenters. The number of aliphatic carboxylic acids is 1. The first kappa shape index (κ1) is 15.7. The van der Waals surface area contributed by atoms with Crippen molar-refractivity contribution in [3.8, 4) is 0 Å². The zero-order valence-electron chi connectivity index (χ0n) is 13.2. The van der Waals surface area contributed by atoms with E-state index in [-0.39, 0.29) is 5.92 Å². The topological polar surface area (TPSA) is 79.5 Å². The normalized spacial score (nSPS) is 16.6. The number of hydrogen-bond donors (Lipinski definition) is 1. The largest absolute Gasteiger partial charge is 0.481 e. The highest BCUT2D eigenvalue weighted by atomic mass is 16.5. The van der Waals surface area contributed by atoms with Gasteiger partial charge in [0.2, 0.25) is 5.89 Å². The number of piperidine rings is 1. The molecule has 0 saturated carbocycles. The van der Waals surface area contributed by atoms with Gasteiger partial charge < -0.3 is 9.63 Å². The molecular weight excluding hydrogens is 294 g/mol. The van der Waals surface area contributed by atoms with Gasteiger partial charge >= 0.3 is 5.97 Å². The maximum absolute atomic E-state index is 11.0. The van der Waals surface area contributed by atoms with Gasteiger partial charge in [-0.25, -0.2) is 0 Å². The van der Waals surface area contributed by atoms with Gasteiger partial charge in [-0.15, -0.1) is 0 Å². The van der Waals surface area contributed by atoms with Gasteiger partial charge in [-0.3, -0.25) is 9.69 Å². The molecule has 0 aliphatic carbocycles. The number of carbonyl (C=O) groups is 1. The van der Waals surface area contributed by atoms with Crippen LogP contribution in [0.3, 0.4) is 0 Å². The molecule has 0 unspecified atom stereocenters. The lowest BCUT2D eigenvalue weighted by molar-refractivity contribution is -0.143. The lowest BCUT2D eigenvalue weighted by atomic mass is 9.97. The molecule has 2 aromatic rings. The van der Waals surface area contributed by atoms with Gasteiger partial charge in [0.25, 0.3) is 0 Å². The van der Waals surface area contributed by atoms with Crippen LogP contribution >= 0.6 is 0 Å². The van der Waals surface area contributed by atoms with E-state index < -0.39 is 5.97 Å².